The van der Waals surface area contributed by atoms with Gasteiger partial charge in [-0.25, -0.2) is 0 Å². The third-order valence-corrected chi connectivity index (χ3v) is 3.39. The van der Waals surface area contributed by atoms with Crippen LogP contribution >= 0.6 is 15.9 Å². The van der Waals surface area contributed by atoms with Crippen LogP contribution in [0.3, 0.4) is 0 Å². The number of nitrogens with one attached hydrogen (secondary N) is 1. The van der Waals surface area contributed by atoms with Gasteiger partial charge in [0.05, 0.1) is 17.3 Å². The number of para-hydroxylation sites is 1. The monoisotopic (exact) mass is 295 g/mol. The normalized spacial score (nSPS) is 10.5. The zero-order valence-corrected chi connectivity index (χ0v) is 11.1. The zero-order valence-electron chi connectivity index (χ0n) is 9.53. The minimum atomic E-state index is 0.589. The van der Waals surface area contributed by atoms with Crippen LogP contribution in [0.5, 0.6) is 5.75 Å². The van der Waals surface area contributed by atoms with Crippen LogP contribution in [0.1, 0.15) is 5.69 Å². The predicted octanol–water partition coefficient (Wildman–Crippen LogP) is 2.35. The Hall–Kier alpha value is -1.33. The lowest BCUT2D eigenvalue weighted by Crippen LogP contribution is -2.03. The summed E-state index contributed by atoms with van der Waals surface area (Å²) in [7, 11) is 1.65. The van der Waals surface area contributed by atoms with Gasteiger partial charge in [-0.3, -0.25) is 5.10 Å². The number of aromatic nitrogens is 2. The van der Waals surface area contributed by atoms with Gasteiger partial charge in [-0.15, -0.1) is 0 Å². The number of methoxy groups -OCH3 is 1. The van der Waals surface area contributed by atoms with Crippen LogP contribution in [0.2, 0.25) is 0 Å². The van der Waals surface area contributed by atoms with Crippen molar-refractivity contribution in [2.75, 3.05) is 13.7 Å². The van der Waals surface area contributed by atoms with Crippen molar-refractivity contribution in [2.24, 2.45) is 5.73 Å². The van der Waals surface area contributed by atoms with E-state index in [4.69, 9.17) is 10.5 Å². The van der Waals surface area contributed by atoms with Crippen molar-refractivity contribution in [1.82, 2.24) is 10.2 Å². The molecule has 0 saturated carbocycles. The number of H-pyrrole nitrogens is 1. The van der Waals surface area contributed by atoms with Gasteiger partial charge in [0.25, 0.3) is 0 Å². The fraction of sp³-hybridized carbons (Fsp3) is 0.250. The highest BCUT2D eigenvalue weighted by atomic mass is 79.9. The van der Waals surface area contributed by atoms with E-state index in [0.29, 0.717) is 6.54 Å². The molecular weight excluding hydrogens is 282 g/mol. The Morgan fingerprint density at radius 1 is 1.41 bits per heavy atom. The molecule has 0 fully saturated rings. The van der Waals surface area contributed by atoms with Gasteiger partial charge in [-0.05, 0) is 34.6 Å². The first kappa shape index (κ1) is 12.1. The van der Waals surface area contributed by atoms with E-state index in [1.807, 2.05) is 24.3 Å². The number of nitrogens with two attached hydrogens (primary N) is 1. The number of nitrogens with zero attached hydrogens (tertiary/aromatic N) is 1. The molecule has 90 valence electrons. The van der Waals surface area contributed by atoms with E-state index in [1.165, 1.54) is 0 Å². The molecule has 0 unspecified atom stereocenters. The standard InChI is InChI=1S/C12H14BrN3O/c1-17-10-5-3-2-4-8(10)12-11(13)9(6-7-14)15-16-12/h2-5H,6-7,14H2,1H3,(H,15,16). The molecule has 3 N–H and O–H groups in total. The molecule has 0 aliphatic heterocycles. The Balaban J connectivity index is 2.46. The summed E-state index contributed by atoms with van der Waals surface area (Å²) in [5, 5.41) is 7.30. The van der Waals surface area contributed by atoms with Gasteiger partial charge in [0.15, 0.2) is 0 Å². The van der Waals surface area contributed by atoms with Crippen LogP contribution in [0.15, 0.2) is 28.7 Å². The highest BCUT2D eigenvalue weighted by Crippen LogP contribution is 2.34. The SMILES string of the molecule is COc1ccccc1-c1n[nH]c(CCN)c1Br. The smallest absolute Gasteiger partial charge is 0.128 e. The Morgan fingerprint density at radius 3 is 2.88 bits per heavy atom. The summed E-state index contributed by atoms with van der Waals surface area (Å²) in [5.74, 6) is 0.805. The van der Waals surface area contributed by atoms with Crippen LogP contribution in [0, 0.1) is 0 Å². The van der Waals surface area contributed by atoms with Crippen molar-refractivity contribution in [3.8, 4) is 17.0 Å². The molecule has 0 amide bonds. The summed E-state index contributed by atoms with van der Waals surface area (Å²) < 4.78 is 6.28. The van der Waals surface area contributed by atoms with Crippen LogP contribution in [0.25, 0.3) is 11.3 Å². The highest BCUT2D eigenvalue weighted by molar-refractivity contribution is 9.10. The second-order valence-electron chi connectivity index (χ2n) is 3.60. The lowest BCUT2D eigenvalue weighted by atomic mass is 10.1. The molecular formula is C12H14BrN3O. The minimum absolute atomic E-state index is 0.589. The molecule has 1 aromatic carbocycles. The number of halogens is 1. The van der Waals surface area contributed by atoms with Gasteiger partial charge in [0, 0.05) is 12.0 Å². The molecule has 1 heterocycles. The number of ether oxygens (including phenoxy) is 1. The molecule has 1 aromatic heterocycles. The Labute approximate surface area is 108 Å². The summed E-state index contributed by atoms with van der Waals surface area (Å²) >= 11 is 3.55. The lowest BCUT2D eigenvalue weighted by Gasteiger charge is -2.05. The third kappa shape index (κ3) is 2.35. The predicted molar refractivity (Wildman–Crippen MR) is 71.0 cm³/mol. The summed E-state index contributed by atoms with van der Waals surface area (Å²) in [6, 6.07) is 7.79. The highest BCUT2D eigenvalue weighted by Gasteiger charge is 2.14. The van der Waals surface area contributed by atoms with Crippen LogP contribution < -0.4 is 10.5 Å². The lowest BCUT2D eigenvalue weighted by molar-refractivity contribution is 0.416. The van der Waals surface area contributed by atoms with Crippen molar-refractivity contribution in [3.63, 3.8) is 0 Å². The second kappa shape index (κ2) is 5.33. The largest absolute Gasteiger partial charge is 0.496 e. The van der Waals surface area contributed by atoms with Crippen molar-refractivity contribution in [2.45, 2.75) is 6.42 Å². The first-order chi connectivity index (χ1) is 8.27. The van der Waals surface area contributed by atoms with Gasteiger partial charge in [0.2, 0.25) is 0 Å². The summed E-state index contributed by atoms with van der Waals surface area (Å²) in [6.45, 7) is 0.589. The Morgan fingerprint density at radius 2 is 2.18 bits per heavy atom. The van der Waals surface area contributed by atoms with Crippen LogP contribution in [-0.2, 0) is 6.42 Å². The Kier molecular flexibility index (Phi) is 3.81. The fourth-order valence-corrected chi connectivity index (χ4v) is 2.28. The molecule has 0 atom stereocenters. The molecule has 2 rings (SSSR count). The van der Waals surface area contributed by atoms with Gasteiger partial charge in [0.1, 0.15) is 11.4 Å². The molecule has 0 spiro atoms. The van der Waals surface area contributed by atoms with Gasteiger partial charge in [-0.2, -0.15) is 5.10 Å². The van der Waals surface area contributed by atoms with E-state index >= 15 is 0 Å². The molecule has 4 nitrogen and oxygen atoms in total. The summed E-state index contributed by atoms with van der Waals surface area (Å²) in [4.78, 5) is 0. The maximum absolute atomic E-state index is 5.54. The maximum atomic E-state index is 5.54. The average molecular weight is 296 g/mol. The van der Waals surface area contributed by atoms with Gasteiger partial charge in [-0.1, -0.05) is 12.1 Å². The molecule has 0 saturated heterocycles. The topological polar surface area (TPSA) is 63.9 Å². The Bertz CT molecular complexity index is 510. The first-order valence-electron chi connectivity index (χ1n) is 5.34. The number of benzene rings is 1. The summed E-state index contributed by atoms with van der Waals surface area (Å²) in [6.07, 6.45) is 0.767. The zero-order chi connectivity index (χ0) is 12.3. The second-order valence-corrected chi connectivity index (χ2v) is 4.40. The maximum Gasteiger partial charge on any atom is 0.128 e. The van der Waals surface area contributed by atoms with E-state index in [0.717, 1.165) is 33.6 Å². The average Bonchev–Trinajstić information content (AvgIpc) is 2.72. The number of rotatable bonds is 4. The van der Waals surface area contributed by atoms with E-state index in [-0.39, 0.29) is 0 Å². The van der Waals surface area contributed by atoms with E-state index in [1.54, 1.807) is 7.11 Å². The molecule has 5 heteroatoms. The number of hydrogen-bond acceptors (Lipinski definition) is 3. The van der Waals surface area contributed by atoms with Crippen LogP contribution in [0.4, 0.5) is 0 Å². The fourth-order valence-electron chi connectivity index (χ4n) is 1.69. The van der Waals surface area contributed by atoms with E-state index in [9.17, 15) is 0 Å². The third-order valence-electron chi connectivity index (χ3n) is 2.53. The molecule has 0 aliphatic rings. The number of aromatic amines is 1. The van der Waals surface area contributed by atoms with E-state index < -0.39 is 0 Å². The van der Waals surface area contributed by atoms with Crippen LogP contribution in [-0.4, -0.2) is 23.9 Å². The molecule has 0 aliphatic carbocycles. The number of hydrogen-bond donors (Lipinski definition) is 2. The van der Waals surface area contributed by atoms with E-state index in [2.05, 4.69) is 26.1 Å². The molecule has 0 radical (unpaired) electrons. The first-order valence-corrected chi connectivity index (χ1v) is 6.13. The molecule has 2 aromatic rings. The quantitative estimate of drug-likeness (QED) is 0.910. The van der Waals surface area contributed by atoms with Gasteiger partial charge >= 0.3 is 0 Å². The molecule has 17 heavy (non-hydrogen) atoms. The minimum Gasteiger partial charge on any atom is -0.496 e. The van der Waals surface area contributed by atoms with Crippen molar-refractivity contribution in [3.05, 3.63) is 34.4 Å². The van der Waals surface area contributed by atoms with Gasteiger partial charge < -0.3 is 10.5 Å². The summed E-state index contributed by atoms with van der Waals surface area (Å²) in [5.41, 5.74) is 8.36. The van der Waals surface area contributed by atoms with Crippen molar-refractivity contribution < 1.29 is 4.74 Å². The van der Waals surface area contributed by atoms with Crippen molar-refractivity contribution >= 4 is 15.9 Å². The van der Waals surface area contributed by atoms with Crippen molar-refractivity contribution in [1.29, 1.82) is 0 Å². The molecule has 0 bridgehead atoms.